The van der Waals surface area contributed by atoms with E-state index in [9.17, 15) is 0 Å². The Kier molecular flexibility index (Phi) is 11.6. The van der Waals surface area contributed by atoms with Gasteiger partial charge in [-0.25, -0.2) is 0 Å². The Bertz CT molecular complexity index is 286. The Hall–Kier alpha value is 0.270. The molecular weight excluding hydrogens is 316 g/mol. The second kappa shape index (κ2) is 13.5. The molecule has 24 heavy (non-hydrogen) atoms. The summed E-state index contributed by atoms with van der Waals surface area (Å²) >= 11 is 0. The minimum absolute atomic E-state index is 0.601. The van der Waals surface area contributed by atoms with Crippen LogP contribution in [0.3, 0.4) is 0 Å². The molecule has 3 heteroatoms. The highest BCUT2D eigenvalue weighted by atomic mass is 32.2. The SMILES string of the molecule is CCC[S+](CCCCCCCCCC1CCCO1)CC1CCCO1. The highest BCUT2D eigenvalue weighted by Crippen LogP contribution is 2.20. The molecule has 0 N–H and O–H groups in total. The first-order valence-electron chi connectivity index (χ1n) is 10.8. The molecule has 142 valence electrons. The van der Waals surface area contributed by atoms with Crippen molar-refractivity contribution in [3.8, 4) is 0 Å². The van der Waals surface area contributed by atoms with Gasteiger partial charge in [0.05, 0.1) is 6.10 Å². The van der Waals surface area contributed by atoms with Crippen LogP contribution in [0.4, 0.5) is 0 Å². The zero-order valence-corrected chi connectivity index (χ0v) is 16.9. The fraction of sp³-hybridized carbons (Fsp3) is 1.00. The molecule has 0 aromatic carbocycles. The van der Waals surface area contributed by atoms with Crippen molar-refractivity contribution in [2.45, 2.75) is 103 Å². The predicted octanol–water partition coefficient (Wildman–Crippen LogP) is 5.49. The standard InChI is InChI=1S/C21H41O2S/c1-2-17-24(19-21-14-11-16-23-21)18-9-7-5-3-4-6-8-12-20-13-10-15-22-20/h20-21H,2-19H2,1H3/q+1. The molecule has 3 atom stereocenters. The predicted molar refractivity (Wildman–Crippen MR) is 107 cm³/mol. The van der Waals surface area contributed by atoms with Crippen molar-refractivity contribution in [3.63, 3.8) is 0 Å². The van der Waals surface area contributed by atoms with E-state index >= 15 is 0 Å². The fourth-order valence-electron chi connectivity index (χ4n) is 4.03. The maximum absolute atomic E-state index is 5.85. The van der Waals surface area contributed by atoms with Crippen LogP contribution in [-0.2, 0) is 20.4 Å². The van der Waals surface area contributed by atoms with Crippen LogP contribution < -0.4 is 0 Å². The first-order chi connectivity index (χ1) is 11.9. The van der Waals surface area contributed by atoms with E-state index in [2.05, 4.69) is 6.92 Å². The molecule has 2 saturated heterocycles. The Morgan fingerprint density at radius 3 is 2.00 bits per heavy atom. The molecule has 0 aromatic rings. The third-order valence-corrected chi connectivity index (χ3v) is 8.12. The average Bonchev–Trinajstić information content (AvgIpc) is 3.27. The van der Waals surface area contributed by atoms with Crippen LogP contribution in [-0.4, -0.2) is 42.7 Å². The summed E-state index contributed by atoms with van der Waals surface area (Å²) in [5, 5.41) is 0. The minimum Gasteiger partial charge on any atom is -0.378 e. The topological polar surface area (TPSA) is 18.5 Å². The summed E-state index contributed by atoms with van der Waals surface area (Å²) in [6, 6.07) is 0. The van der Waals surface area contributed by atoms with E-state index in [0.717, 1.165) is 13.2 Å². The summed E-state index contributed by atoms with van der Waals surface area (Å²) in [6.45, 7) is 4.37. The van der Waals surface area contributed by atoms with Gasteiger partial charge < -0.3 is 9.47 Å². The van der Waals surface area contributed by atoms with Crippen LogP contribution in [0.5, 0.6) is 0 Å². The molecule has 0 aliphatic carbocycles. The number of hydrogen-bond acceptors (Lipinski definition) is 2. The summed E-state index contributed by atoms with van der Waals surface area (Å²) in [7, 11) is 0.635. The highest BCUT2D eigenvalue weighted by molar-refractivity contribution is 7.96. The van der Waals surface area contributed by atoms with Crippen molar-refractivity contribution in [1.29, 1.82) is 0 Å². The number of rotatable bonds is 14. The smallest absolute Gasteiger partial charge is 0.134 e. The normalized spacial score (nSPS) is 25.4. The molecule has 2 rings (SSSR count). The lowest BCUT2D eigenvalue weighted by Gasteiger charge is -2.12. The average molecular weight is 358 g/mol. The Labute approximate surface area is 153 Å². The number of unbranched alkanes of at least 4 members (excludes halogenated alkanes) is 6. The molecule has 0 saturated carbocycles. The summed E-state index contributed by atoms with van der Waals surface area (Å²) < 4.78 is 11.5. The fourth-order valence-corrected chi connectivity index (χ4v) is 6.55. The lowest BCUT2D eigenvalue weighted by Crippen LogP contribution is -2.25. The van der Waals surface area contributed by atoms with Crippen molar-refractivity contribution in [1.82, 2.24) is 0 Å². The van der Waals surface area contributed by atoms with Gasteiger partial charge in [0.2, 0.25) is 0 Å². The van der Waals surface area contributed by atoms with Crippen LogP contribution >= 0.6 is 0 Å². The van der Waals surface area contributed by atoms with E-state index in [1.165, 1.54) is 101 Å². The van der Waals surface area contributed by atoms with Crippen LogP contribution in [0.15, 0.2) is 0 Å². The first-order valence-corrected chi connectivity index (χ1v) is 12.5. The van der Waals surface area contributed by atoms with Crippen molar-refractivity contribution >= 4 is 10.9 Å². The maximum Gasteiger partial charge on any atom is 0.134 e. The van der Waals surface area contributed by atoms with Gasteiger partial charge in [0.1, 0.15) is 23.4 Å². The minimum atomic E-state index is 0.601. The van der Waals surface area contributed by atoms with Crippen LogP contribution in [0, 0.1) is 0 Å². The molecule has 0 spiro atoms. The van der Waals surface area contributed by atoms with E-state index < -0.39 is 0 Å². The van der Waals surface area contributed by atoms with Crippen LogP contribution in [0.25, 0.3) is 0 Å². The molecule has 0 radical (unpaired) electrons. The van der Waals surface area contributed by atoms with Crippen molar-refractivity contribution < 1.29 is 9.47 Å². The molecular formula is C21H41O2S+. The molecule has 2 heterocycles. The number of hydrogen-bond donors (Lipinski definition) is 0. The third kappa shape index (κ3) is 9.10. The quantitative estimate of drug-likeness (QED) is 0.302. The molecule has 2 nitrogen and oxygen atoms in total. The summed E-state index contributed by atoms with van der Waals surface area (Å²) in [6.07, 6.45) is 19.1. The zero-order valence-electron chi connectivity index (χ0n) is 16.1. The van der Waals surface area contributed by atoms with Crippen LogP contribution in [0.1, 0.15) is 90.4 Å². The second-order valence-corrected chi connectivity index (χ2v) is 10.1. The Balaban J connectivity index is 1.38. The van der Waals surface area contributed by atoms with E-state index in [4.69, 9.17) is 9.47 Å². The van der Waals surface area contributed by atoms with E-state index in [1.54, 1.807) is 0 Å². The van der Waals surface area contributed by atoms with Gasteiger partial charge in [0.15, 0.2) is 0 Å². The van der Waals surface area contributed by atoms with Gasteiger partial charge in [-0.3, -0.25) is 0 Å². The second-order valence-electron chi connectivity index (χ2n) is 7.72. The lowest BCUT2D eigenvalue weighted by molar-refractivity contribution is 0.102. The molecule has 2 fully saturated rings. The highest BCUT2D eigenvalue weighted by Gasteiger charge is 2.26. The Morgan fingerprint density at radius 2 is 1.38 bits per heavy atom. The van der Waals surface area contributed by atoms with E-state index in [0.29, 0.717) is 23.1 Å². The van der Waals surface area contributed by atoms with Gasteiger partial charge in [-0.1, -0.05) is 39.0 Å². The van der Waals surface area contributed by atoms with Gasteiger partial charge in [-0.05, 0) is 62.3 Å². The van der Waals surface area contributed by atoms with Gasteiger partial charge in [-0.2, -0.15) is 0 Å². The van der Waals surface area contributed by atoms with E-state index in [-0.39, 0.29) is 0 Å². The number of ether oxygens (including phenoxy) is 2. The molecule has 0 bridgehead atoms. The molecule has 0 amide bonds. The molecule has 3 unspecified atom stereocenters. The van der Waals surface area contributed by atoms with Crippen LogP contribution in [0.2, 0.25) is 0 Å². The molecule has 0 aromatic heterocycles. The van der Waals surface area contributed by atoms with E-state index in [1.807, 2.05) is 0 Å². The lowest BCUT2D eigenvalue weighted by atomic mass is 10.1. The summed E-state index contributed by atoms with van der Waals surface area (Å²) in [5.41, 5.74) is 0. The third-order valence-electron chi connectivity index (χ3n) is 5.42. The van der Waals surface area contributed by atoms with Gasteiger partial charge >= 0.3 is 0 Å². The largest absolute Gasteiger partial charge is 0.378 e. The van der Waals surface area contributed by atoms with Gasteiger partial charge in [0.25, 0.3) is 0 Å². The van der Waals surface area contributed by atoms with Crippen molar-refractivity contribution in [2.75, 3.05) is 30.5 Å². The van der Waals surface area contributed by atoms with Crippen molar-refractivity contribution in [3.05, 3.63) is 0 Å². The summed E-state index contributed by atoms with van der Waals surface area (Å²) in [4.78, 5) is 0. The summed E-state index contributed by atoms with van der Waals surface area (Å²) in [5.74, 6) is 4.26. The van der Waals surface area contributed by atoms with Crippen molar-refractivity contribution in [2.24, 2.45) is 0 Å². The maximum atomic E-state index is 5.85. The Morgan fingerprint density at radius 1 is 0.750 bits per heavy atom. The first kappa shape index (κ1) is 20.6. The monoisotopic (exact) mass is 357 g/mol. The van der Waals surface area contributed by atoms with Gasteiger partial charge in [-0.15, -0.1) is 0 Å². The zero-order chi connectivity index (χ0) is 16.9. The van der Waals surface area contributed by atoms with Gasteiger partial charge in [0, 0.05) is 13.2 Å². The molecule has 2 aliphatic rings. The molecule has 2 aliphatic heterocycles.